The summed E-state index contributed by atoms with van der Waals surface area (Å²) in [5.74, 6) is 0. The third-order valence-electron chi connectivity index (χ3n) is 5.78. The molecule has 0 saturated heterocycles. The summed E-state index contributed by atoms with van der Waals surface area (Å²) in [7, 11) is 0. The summed E-state index contributed by atoms with van der Waals surface area (Å²) in [5.41, 5.74) is 5.76. The Morgan fingerprint density at radius 2 is 1.10 bits per heavy atom. The highest BCUT2D eigenvalue weighted by Gasteiger charge is 2.18. The van der Waals surface area contributed by atoms with Gasteiger partial charge in [0, 0.05) is 27.4 Å². The zero-order valence-electron chi connectivity index (χ0n) is 16.4. The minimum atomic E-state index is 1.14. The highest BCUT2D eigenvalue weighted by Crippen LogP contribution is 2.42. The van der Waals surface area contributed by atoms with Crippen molar-refractivity contribution >= 4 is 49.6 Å². The molecule has 6 rings (SSSR count). The van der Waals surface area contributed by atoms with E-state index in [1.807, 2.05) is 0 Å². The van der Waals surface area contributed by atoms with Gasteiger partial charge in [0.1, 0.15) is 0 Å². The van der Waals surface area contributed by atoms with E-state index in [4.69, 9.17) is 0 Å². The predicted molar refractivity (Wildman–Crippen MR) is 128 cm³/mol. The first-order valence-electron chi connectivity index (χ1n) is 10.2. The van der Waals surface area contributed by atoms with Crippen molar-refractivity contribution in [3.05, 3.63) is 115 Å². The first-order valence-corrected chi connectivity index (χ1v) is 10.2. The SMILES string of the molecule is c1ccc(N(c2cccc3ccccc23)c2cccc3c2[nH]c2ccccc23)cc1. The van der Waals surface area contributed by atoms with E-state index < -0.39 is 0 Å². The molecule has 0 unspecified atom stereocenters. The second-order valence-electron chi connectivity index (χ2n) is 7.54. The van der Waals surface area contributed by atoms with Gasteiger partial charge >= 0.3 is 0 Å². The first-order chi connectivity index (χ1) is 14.9. The third kappa shape index (κ3) is 2.58. The molecule has 1 heterocycles. The molecular formula is C28H20N2. The number of aromatic amines is 1. The Kier molecular flexibility index (Phi) is 3.82. The zero-order chi connectivity index (χ0) is 19.9. The summed E-state index contributed by atoms with van der Waals surface area (Å²) in [5, 5.41) is 4.96. The summed E-state index contributed by atoms with van der Waals surface area (Å²) in [4.78, 5) is 6.03. The third-order valence-corrected chi connectivity index (χ3v) is 5.78. The van der Waals surface area contributed by atoms with E-state index in [0.29, 0.717) is 0 Å². The van der Waals surface area contributed by atoms with Crippen molar-refractivity contribution in [2.24, 2.45) is 0 Å². The molecule has 0 saturated carbocycles. The lowest BCUT2D eigenvalue weighted by Crippen LogP contribution is -2.10. The van der Waals surface area contributed by atoms with E-state index in [1.165, 1.54) is 27.2 Å². The Morgan fingerprint density at radius 3 is 2.00 bits per heavy atom. The molecule has 0 bridgehead atoms. The van der Waals surface area contributed by atoms with Crippen LogP contribution < -0.4 is 4.90 Å². The summed E-state index contributed by atoms with van der Waals surface area (Å²) >= 11 is 0. The highest BCUT2D eigenvalue weighted by atomic mass is 15.2. The number of hydrogen-bond donors (Lipinski definition) is 1. The van der Waals surface area contributed by atoms with Crippen LogP contribution in [-0.4, -0.2) is 4.98 Å². The molecule has 0 aliphatic rings. The molecule has 0 amide bonds. The number of H-pyrrole nitrogens is 1. The second-order valence-corrected chi connectivity index (χ2v) is 7.54. The minimum absolute atomic E-state index is 1.14. The molecular weight excluding hydrogens is 364 g/mol. The maximum atomic E-state index is 3.67. The topological polar surface area (TPSA) is 19.0 Å². The van der Waals surface area contributed by atoms with E-state index in [1.54, 1.807) is 0 Å². The van der Waals surface area contributed by atoms with Gasteiger partial charge in [-0.05, 0) is 35.7 Å². The second kappa shape index (κ2) is 6.78. The van der Waals surface area contributed by atoms with Crippen LogP contribution in [0.5, 0.6) is 0 Å². The molecule has 0 fully saturated rings. The van der Waals surface area contributed by atoms with E-state index in [-0.39, 0.29) is 0 Å². The van der Waals surface area contributed by atoms with Gasteiger partial charge in [-0.25, -0.2) is 0 Å². The average molecular weight is 384 g/mol. The van der Waals surface area contributed by atoms with Crippen LogP contribution in [0.25, 0.3) is 32.6 Å². The van der Waals surface area contributed by atoms with Crippen LogP contribution in [-0.2, 0) is 0 Å². The Hall–Kier alpha value is -4.04. The zero-order valence-corrected chi connectivity index (χ0v) is 16.4. The average Bonchev–Trinajstić information content (AvgIpc) is 3.20. The van der Waals surface area contributed by atoms with Gasteiger partial charge in [-0.15, -0.1) is 0 Å². The van der Waals surface area contributed by atoms with Gasteiger partial charge in [0.2, 0.25) is 0 Å². The number of benzene rings is 5. The number of aromatic nitrogens is 1. The number of nitrogens with one attached hydrogen (secondary N) is 1. The lowest BCUT2D eigenvalue weighted by Gasteiger charge is -2.27. The van der Waals surface area contributed by atoms with Gasteiger partial charge in [-0.2, -0.15) is 0 Å². The van der Waals surface area contributed by atoms with Gasteiger partial charge in [0.15, 0.2) is 0 Å². The smallest absolute Gasteiger partial charge is 0.0709 e. The maximum absolute atomic E-state index is 3.67. The van der Waals surface area contributed by atoms with Gasteiger partial charge < -0.3 is 9.88 Å². The van der Waals surface area contributed by atoms with Gasteiger partial charge in [0.25, 0.3) is 0 Å². The van der Waals surface area contributed by atoms with Crippen molar-refractivity contribution < 1.29 is 0 Å². The number of para-hydroxylation sites is 3. The molecule has 0 aliphatic heterocycles. The summed E-state index contributed by atoms with van der Waals surface area (Å²) < 4.78 is 0. The van der Waals surface area contributed by atoms with Crippen molar-refractivity contribution in [2.45, 2.75) is 0 Å². The van der Waals surface area contributed by atoms with Crippen LogP contribution >= 0.6 is 0 Å². The standard InChI is InChI=1S/C28H20N2/c1-2-12-21(13-3-1)30(26-18-8-11-20-10-4-5-14-22(20)26)27-19-9-16-24-23-15-6-7-17-25(23)29-28(24)27/h1-19,29H. The van der Waals surface area contributed by atoms with Crippen molar-refractivity contribution in [1.29, 1.82) is 0 Å². The summed E-state index contributed by atoms with van der Waals surface area (Å²) in [6, 6.07) is 40.7. The normalized spacial score (nSPS) is 11.3. The van der Waals surface area contributed by atoms with Crippen LogP contribution in [0.1, 0.15) is 0 Å². The number of anilines is 3. The number of hydrogen-bond acceptors (Lipinski definition) is 1. The maximum Gasteiger partial charge on any atom is 0.0709 e. The Bertz CT molecular complexity index is 1490. The Morgan fingerprint density at radius 1 is 0.467 bits per heavy atom. The van der Waals surface area contributed by atoms with Crippen LogP contribution in [0.15, 0.2) is 115 Å². The number of rotatable bonds is 3. The first kappa shape index (κ1) is 16.9. The Labute approximate surface area is 175 Å². The van der Waals surface area contributed by atoms with Gasteiger partial charge in [-0.3, -0.25) is 0 Å². The largest absolute Gasteiger partial charge is 0.353 e. The van der Waals surface area contributed by atoms with E-state index >= 15 is 0 Å². The fourth-order valence-electron chi connectivity index (χ4n) is 4.43. The molecule has 2 heteroatoms. The van der Waals surface area contributed by atoms with Crippen molar-refractivity contribution in [1.82, 2.24) is 4.98 Å². The monoisotopic (exact) mass is 384 g/mol. The van der Waals surface area contributed by atoms with Crippen LogP contribution in [0.3, 0.4) is 0 Å². The molecule has 2 nitrogen and oxygen atoms in total. The molecule has 0 radical (unpaired) electrons. The van der Waals surface area contributed by atoms with Gasteiger partial charge in [0.05, 0.1) is 16.9 Å². The quantitative estimate of drug-likeness (QED) is 0.328. The molecule has 0 atom stereocenters. The van der Waals surface area contributed by atoms with E-state index in [2.05, 4.69) is 125 Å². The lowest BCUT2D eigenvalue weighted by atomic mass is 10.1. The number of nitrogens with zero attached hydrogens (tertiary/aromatic N) is 1. The molecule has 6 aromatic rings. The molecule has 1 N–H and O–H groups in total. The highest BCUT2D eigenvalue weighted by molar-refractivity contribution is 6.13. The summed E-state index contributed by atoms with van der Waals surface area (Å²) in [6.45, 7) is 0. The lowest BCUT2D eigenvalue weighted by molar-refractivity contribution is 1.30. The molecule has 0 spiro atoms. The van der Waals surface area contributed by atoms with Crippen molar-refractivity contribution in [3.63, 3.8) is 0 Å². The van der Waals surface area contributed by atoms with Crippen LogP contribution in [0, 0.1) is 0 Å². The predicted octanol–water partition coefficient (Wildman–Crippen LogP) is 7.94. The van der Waals surface area contributed by atoms with Crippen molar-refractivity contribution in [2.75, 3.05) is 4.90 Å². The molecule has 30 heavy (non-hydrogen) atoms. The minimum Gasteiger partial charge on any atom is -0.353 e. The van der Waals surface area contributed by atoms with Crippen LogP contribution in [0.2, 0.25) is 0 Å². The van der Waals surface area contributed by atoms with E-state index in [0.717, 1.165) is 22.4 Å². The van der Waals surface area contributed by atoms with Gasteiger partial charge in [-0.1, -0.05) is 84.9 Å². The molecule has 142 valence electrons. The molecule has 1 aromatic heterocycles. The van der Waals surface area contributed by atoms with E-state index in [9.17, 15) is 0 Å². The van der Waals surface area contributed by atoms with Crippen LogP contribution in [0.4, 0.5) is 17.1 Å². The summed E-state index contributed by atoms with van der Waals surface area (Å²) in [6.07, 6.45) is 0. The number of fused-ring (bicyclic) bond motifs is 4. The Balaban J connectivity index is 1.71. The molecule has 5 aromatic carbocycles. The fraction of sp³-hybridized carbons (Fsp3) is 0. The molecule has 0 aliphatic carbocycles. The van der Waals surface area contributed by atoms with Crippen molar-refractivity contribution in [3.8, 4) is 0 Å². The fourth-order valence-corrected chi connectivity index (χ4v) is 4.43.